The molecule has 0 bridgehead atoms. The first kappa shape index (κ1) is 15.9. The average Bonchev–Trinajstić information content (AvgIpc) is 2.54. The molecule has 1 N–H and O–H groups in total. The number of hydrogen-bond acceptors (Lipinski definition) is 2. The highest BCUT2D eigenvalue weighted by Crippen LogP contribution is 2.20. The third kappa shape index (κ3) is 4.48. The predicted molar refractivity (Wildman–Crippen MR) is 97.5 cm³/mol. The van der Waals surface area contributed by atoms with Gasteiger partial charge in [-0.2, -0.15) is 0 Å². The minimum Gasteiger partial charge on any atom is -0.382 e. The van der Waals surface area contributed by atoms with Crippen LogP contribution in [0.3, 0.4) is 0 Å². The van der Waals surface area contributed by atoms with Gasteiger partial charge in [0, 0.05) is 40.9 Å². The van der Waals surface area contributed by atoms with Gasteiger partial charge in [0.25, 0.3) is 0 Å². The monoisotopic (exact) mass is 378 g/mol. The van der Waals surface area contributed by atoms with E-state index in [1.807, 2.05) is 12.1 Å². The topological polar surface area (TPSA) is 15.3 Å². The van der Waals surface area contributed by atoms with Crippen LogP contribution in [0.2, 0.25) is 5.02 Å². The molecule has 3 rings (SSSR count). The van der Waals surface area contributed by atoms with Crippen LogP contribution in [0.4, 0.5) is 5.69 Å². The van der Waals surface area contributed by atoms with Crippen LogP contribution in [-0.4, -0.2) is 24.0 Å². The zero-order valence-electron chi connectivity index (χ0n) is 12.4. The Morgan fingerprint density at radius 2 is 1.64 bits per heavy atom. The molecule has 0 atom stereocenters. The fourth-order valence-corrected chi connectivity index (χ4v) is 3.26. The minimum atomic E-state index is 0.572. The first-order valence-corrected chi connectivity index (χ1v) is 8.85. The van der Waals surface area contributed by atoms with Crippen LogP contribution >= 0.6 is 27.5 Å². The summed E-state index contributed by atoms with van der Waals surface area (Å²) in [6, 6.07) is 17.2. The normalized spacial score (nSPS) is 16.6. The smallest absolute Gasteiger partial charge is 0.0406 e. The van der Waals surface area contributed by atoms with Crippen molar-refractivity contribution in [3.8, 4) is 0 Å². The Morgan fingerprint density at radius 1 is 1.00 bits per heavy atom. The Bertz CT molecular complexity index is 534. The lowest BCUT2D eigenvalue weighted by molar-refractivity contribution is 0.211. The van der Waals surface area contributed by atoms with Crippen molar-refractivity contribution in [1.82, 2.24) is 4.90 Å². The second-order valence-electron chi connectivity index (χ2n) is 5.83. The quantitative estimate of drug-likeness (QED) is 0.787. The maximum absolute atomic E-state index is 5.94. The van der Waals surface area contributed by atoms with E-state index in [4.69, 9.17) is 11.6 Å². The van der Waals surface area contributed by atoms with Crippen molar-refractivity contribution in [3.63, 3.8) is 0 Å². The molecule has 1 fully saturated rings. The van der Waals surface area contributed by atoms with E-state index in [9.17, 15) is 0 Å². The number of nitrogens with one attached hydrogen (secondary N) is 1. The summed E-state index contributed by atoms with van der Waals surface area (Å²) in [6.07, 6.45) is 2.37. The summed E-state index contributed by atoms with van der Waals surface area (Å²) in [6.45, 7) is 3.29. The van der Waals surface area contributed by atoms with Crippen LogP contribution in [0, 0.1) is 0 Å². The van der Waals surface area contributed by atoms with Gasteiger partial charge in [-0.25, -0.2) is 0 Å². The summed E-state index contributed by atoms with van der Waals surface area (Å²) < 4.78 is 1.12. The fraction of sp³-hybridized carbons (Fsp3) is 0.333. The molecule has 0 saturated carbocycles. The Balaban J connectivity index is 1.47. The molecule has 4 heteroatoms. The van der Waals surface area contributed by atoms with E-state index in [1.165, 1.54) is 24.1 Å². The molecule has 22 heavy (non-hydrogen) atoms. The molecular weight excluding hydrogens is 360 g/mol. The molecule has 1 aliphatic rings. The maximum atomic E-state index is 5.94. The van der Waals surface area contributed by atoms with Crippen molar-refractivity contribution in [2.24, 2.45) is 0 Å². The van der Waals surface area contributed by atoms with Crippen LogP contribution in [-0.2, 0) is 6.54 Å². The number of halogens is 2. The number of benzene rings is 2. The summed E-state index contributed by atoms with van der Waals surface area (Å²) in [5.74, 6) is 0. The fourth-order valence-electron chi connectivity index (χ4n) is 2.87. The van der Waals surface area contributed by atoms with Crippen LogP contribution in [0.1, 0.15) is 18.4 Å². The van der Waals surface area contributed by atoms with Crippen molar-refractivity contribution >= 4 is 33.2 Å². The largest absolute Gasteiger partial charge is 0.382 e. The Labute approximate surface area is 145 Å². The number of nitrogens with zero attached hydrogens (tertiary/aromatic N) is 1. The third-order valence-electron chi connectivity index (χ3n) is 4.12. The number of piperidine rings is 1. The van der Waals surface area contributed by atoms with Crippen LogP contribution < -0.4 is 5.32 Å². The molecule has 0 unspecified atom stereocenters. The van der Waals surface area contributed by atoms with Gasteiger partial charge in [-0.15, -0.1) is 0 Å². The highest BCUT2D eigenvalue weighted by molar-refractivity contribution is 9.10. The summed E-state index contributed by atoms with van der Waals surface area (Å²) in [4.78, 5) is 2.52. The molecule has 2 aromatic rings. The molecule has 1 saturated heterocycles. The molecule has 0 spiro atoms. The SMILES string of the molecule is Clc1ccc(CN2CCC(Nc3ccc(Br)cc3)CC2)cc1. The summed E-state index contributed by atoms with van der Waals surface area (Å²) >= 11 is 9.41. The molecule has 116 valence electrons. The summed E-state index contributed by atoms with van der Waals surface area (Å²) in [7, 11) is 0. The van der Waals surface area contributed by atoms with Crippen molar-refractivity contribution in [1.29, 1.82) is 0 Å². The first-order chi connectivity index (χ1) is 10.7. The molecular formula is C18H20BrClN2. The van der Waals surface area contributed by atoms with Gasteiger partial charge >= 0.3 is 0 Å². The summed E-state index contributed by atoms with van der Waals surface area (Å²) in [5.41, 5.74) is 2.54. The lowest BCUT2D eigenvalue weighted by atomic mass is 10.0. The van der Waals surface area contributed by atoms with E-state index in [0.717, 1.165) is 29.1 Å². The summed E-state index contributed by atoms with van der Waals surface area (Å²) in [5, 5.41) is 4.44. The van der Waals surface area contributed by atoms with Gasteiger partial charge in [0.05, 0.1) is 0 Å². The van der Waals surface area contributed by atoms with Gasteiger partial charge in [0.2, 0.25) is 0 Å². The van der Waals surface area contributed by atoms with Crippen molar-refractivity contribution in [2.45, 2.75) is 25.4 Å². The van der Waals surface area contributed by atoms with E-state index in [1.54, 1.807) is 0 Å². The van der Waals surface area contributed by atoms with Gasteiger partial charge in [-0.1, -0.05) is 39.7 Å². The van der Waals surface area contributed by atoms with E-state index in [-0.39, 0.29) is 0 Å². The zero-order valence-corrected chi connectivity index (χ0v) is 14.8. The Morgan fingerprint density at radius 3 is 2.27 bits per heavy atom. The number of hydrogen-bond donors (Lipinski definition) is 1. The highest BCUT2D eigenvalue weighted by atomic mass is 79.9. The standard InChI is InChI=1S/C18H20BrClN2/c19-15-3-7-17(8-4-15)21-18-9-11-22(12-10-18)13-14-1-5-16(20)6-2-14/h1-8,18,21H,9-13H2. The van der Waals surface area contributed by atoms with Crippen LogP contribution in [0.25, 0.3) is 0 Å². The molecule has 0 radical (unpaired) electrons. The van der Waals surface area contributed by atoms with Gasteiger partial charge < -0.3 is 5.32 Å². The Kier molecular flexibility index (Phi) is 5.40. The van der Waals surface area contributed by atoms with Gasteiger partial charge in [0.1, 0.15) is 0 Å². The van der Waals surface area contributed by atoms with E-state index in [0.29, 0.717) is 6.04 Å². The lowest BCUT2D eigenvalue weighted by Crippen LogP contribution is -2.38. The number of rotatable bonds is 4. The maximum Gasteiger partial charge on any atom is 0.0406 e. The zero-order chi connectivity index (χ0) is 15.4. The second kappa shape index (κ2) is 7.49. The third-order valence-corrected chi connectivity index (χ3v) is 4.90. The van der Waals surface area contributed by atoms with Gasteiger partial charge in [-0.3, -0.25) is 4.90 Å². The Hall–Kier alpha value is -1.03. The molecule has 1 heterocycles. The number of likely N-dealkylation sites (tertiary alicyclic amines) is 1. The van der Waals surface area contributed by atoms with E-state index >= 15 is 0 Å². The molecule has 0 amide bonds. The lowest BCUT2D eigenvalue weighted by Gasteiger charge is -2.33. The highest BCUT2D eigenvalue weighted by Gasteiger charge is 2.19. The van der Waals surface area contributed by atoms with Crippen LogP contribution in [0.5, 0.6) is 0 Å². The van der Waals surface area contributed by atoms with Gasteiger partial charge in [-0.05, 0) is 54.8 Å². The molecule has 1 aliphatic heterocycles. The molecule has 0 aromatic heterocycles. The molecule has 0 aliphatic carbocycles. The van der Waals surface area contributed by atoms with E-state index < -0.39 is 0 Å². The minimum absolute atomic E-state index is 0.572. The average molecular weight is 380 g/mol. The van der Waals surface area contributed by atoms with Crippen molar-refractivity contribution in [3.05, 3.63) is 63.6 Å². The van der Waals surface area contributed by atoms with Crippen molar-refractivity contribution in [2.75, 3.05) is 18.4 Å². The van der Waals surface area contributed by atoms with Crippen LogP contribution in [0.15, 0.2) is 53.0 Å². The van der Waals surface area contributed by atoms with E-state index in [2.05, 4.69) is 62.5 Å². The van der Waals surface area contributed by atoms with Gasteiger partial charge in [0.15, 0.2) is 0 Å². The molecule has 2 aromatic carbocycles. The van der Waals surface area contributed by atoms with Crippen molar-refractivity contribution < 1.29 is 0 Å². The number of anilines is 1. The molecule has 2 nitrogen and oxygen atoms in total. The first-order valence-electron chi connectivity index (χ1n) is 7.68. The second-order valence-corrected chi connectivity index (χ2v) is 7.18. The predicted octanol–water partition coefficient (Wildman–Crippen LogP) is 5.18.